The Bertz CT molecular complexity index is 531. The molecule has 5 heteroatoms. The van der Waals surface area contributed by atoms with E-state index in [-0.39, 0.29) is 5.56 Å². The van der Waals surface area contributed by atoms with Gasteiger partial charge in [-0.1, -0.05) is 12.1 Å². The van der Waals surface area contributed by atoms with Crippen molar-refractivity contribution in [2.75, 3.05) is 0 Å². The second-order valence-corrected chi connectivity index (χ2v) is 4.62. The Morgan fingerprint density at radius 2 is 2.00 bits per heavy atom. The first-order valence-electron chi connectivity index (χ1n) is 4.61. The van der Waals surface area contributed by atoms with Gasteiger partial charge in [-0.15, -0.1) is 0 Å². The van der Waals surface area contributed by atoms with Gasteiger partial charge in [0.1, 0.15) is 11.3 Å². The predicted octanol–water partition coefficient (Wildman–Crippen LogP) is 2.39. The zero-order valence-corrected chi connectivity index (χ0v) is 10.7. The van der Waals surface area contributed by atoms with E-state index in [9.17, 15) is 4.79 Å². The van der Waals surface area contributed by atoms with Gasteiger partial charge in [0, 0.05) is 22.4 Å². The minimum Gasteiger partial charge on any atom is -0.478 e. The van der Waals surface area contributed by atoms with Crippen LogP contribution >= 0.6 is 22.6 Å². The van der Waals surface area contributed by atoms with Gasteiger partial charge >= 0.3 is 5.97 Å². The van der Waals surface area contributed by atoms with Crippen molar-refractivity contribution in [2.45, 2.75) is 0 Å². The molecule has 0 unspecified atom stereocenters. The van der Waals surface area contributed by atoms with Gasteiger partial charge in [0.15, 0.2) is 0 Å². The van der Waals surface area contributed by atoms with E-state index in [1.54, 1.807) is 7.05 Å². The van der Waals surface area contributed by atoms with Crippen molar-refractivity contribution in [3.63, 3.8) is 0 Å². The average Bonchev–Trinajstić information content (AvgIpc) is 2.61. The summed E-state index contributed by atoms with van der Waals surface area (Å²) in [6, 6.07) is 7.60. The Hall–Kier alpha value is -1.37. The molecule has 16 heavy (non-hydrogen) atoms. The minimum atomic E-state index is -0.957. The molecule has 1 aromatic heterocycles. The maximum Gasteiger partial charge on any atom is 0.339 e. The summed E-state index contributed by atoms with van der Waals surface area (Å²) in [6.45, 7) is 0. The number of carbonyl (C=O) groups is 1. The number of aromatic carboxylic acids is 1. The normalized spacial score (nSPS) is 10.4. The van der Waals surface area contributed by atoms with Crippen LogP contribution in [0.5, 0.6) is 0 Å². The van der Waals surface area contributed by atoms with Gasteiger partial charge in [-0.3, -0.25) is 4.68 Å². The first-order chi connectivity index (χ1) is 7.58. The lowest BCUT2D eigenvalue weighted by Crippen LogP contribution is -1.96. The summed E-state index contributed by atoms with van der Waals surface area (Å²) in [5.41, 5.74) is 1.55. The van der Waals surface area contributed by atoms with E-state index in [0.29, 0.717) is 5.69 Å². The maximum absolute atomic E-state index is 11.0. The van der Waals surface area contributed by atoms with Crippen LogP contribution in [0.3, 0.4) is 0 Å². The summed E-state index contributed by atoms with van der Waals surface area (Å²) in [5, 5.41) is 13.2. The van der Waals surface area contributed by atoms with Gasteiger partial charge in [0.05, 0.1) is 0 Å². The van der Waals surface area contributed by atoms with Crippen LogP contribution in [0.4, 0.5) is 0 Å². The highest BCUT2D eigenvalue weighted by Gasteiger charge is 2.15. The van der Waals surface area contributed by atoms with E-state index in [0.717, 1.165) is 9.13 Å². The molecule has 1 N–H and O–H groups in total. The molecule has 0 atom stereocenters. The zero-order chi connectivity index (χ0) is 11.7. The molecule has 1 heterocycles. The number of rotatable bonds is 2. The summed E-state index contributed by atoms with van der Waals surface area (Å²) < 4.78 is 2.62. The molecule has 0 amide bonds. The number of nitrogens with zero attached hydrogens (tertiary/aromatic N) is 2. The molecule has 0 aliphatic heterocycles. The molecule has 0 spiro atoms. The Balaban J connectivity index is 2.55. The molecule has 0 aliphatic rings. The third-order valence-electron chi connectivity index (χ3n) is 2.18. The summed E-state index contributed by atoms with van der Waals surface area (Å²) in [6.07, 6.45) is 1.51. The maximum atomic E-state index is 11.0. The summed E-state index contributed by atoms with van der Waals surface area (Å²) in [4.78, 5) is 11.0. The lowest BCUT2D eigenvalue weighted by Gasteiger charge is -1.98. The van der Waals surface area contributed by atoms with Gasteiger partial charge < -0.3 is 5.11 Å². The summed E-state index contributed by atoms with van der Waals surface area (Å²) in [5.74, 6) is -0.957. The van der Waals surface area contributed by atoms with Crippen LogP contribution in [-0.2, 0) is 7.05 Å². The lowest BCUT2D eigenvalue weighted by molar-refractivity contribution is 0.0697. The highest BCUT2D eigenvalue weighted by Crippen LogP contribution is 2.22. The van der Waals surface area contributed by atoms with Crippen LogP contribution < -0.4 is 0 Å². The summed E-state index contributed by atoms with van der Waals surface area (Å²) in [7, 11) is 1.71. The molecule has 82 valence electrons. The fraction of sp³-hybridized carbons (Fsp3) is 0.0909. The smallest absolute Gasteiger partial charge is 0.339 e. The highest BCUT2D eigenvalue weighted by molar-refractivity contribution is 14.1. The predicted molar refractivity (Wildman–Crippen MR) is 68.3 cm³/mol. The molecule has 1 aromatic carbocycles. The molecule has 0 bridgehead atoms. The second-order valence-electron chi connectivity index (χ2n) is 3.38. The van der Waals surface area contributed by atoms with E-state index < -0.39 is 5.97 Å². The van der Waals surface area contributed by atoms with Crippen LogP contribution in [-0.4, -0.2) is 20.9 Å². The van der Waals surface area contributed by atoms with Crippen molar-refractivity contribution < 1.29 is 9.90 Å². The van der Waals surface area contributed by atoms with Crippen molar-refractivity contribution in [3.8, 4) is 11.3 Å². The Labute approximate surface area is 106 Å². The van der Waals surface area contributed by atoms with Crippen LogP contribution in [0.1, 0.15) is 10.4 Å². The molecule has 0 radical (unpaired) electrons. The fourth-order valence-electron chi connectivity index (χ4n) is 1.47. The van der Waals surface area contributed by atoms with E-state index in [4.69, 9.17) is 5.11 Å². The standard InChI is InChI=1S/C11H9IN2O2/c1-14-6-9(11(15)16)10(13-14)7-2-4-8(12)5-3-7/h2-6H,1H3,(H,15,16). The van der Waals surface area contributed by atoms with Crippen LogP contribution in [0, 0.1) is 3.57 Å². The van der Waals surface area contributed by atoms with Gasteiger partial charge in [0.2, 0.25) is 0 Å². The van der Waals surface area contributed by atoms with Crippen molar-refractivity contribution in [1.82, 2.24) is 9.78 Å². The van der Waals surface area contributed by atoms with E-state index in [1.807, 2.05) is 24.3 Å². The molecule has 4 nitrogen and oxygen atoms in total. The number of hydrogen-bond acceptors (Lipinski definition) is 2. The molecule has 0 aliphatic carbocycles. The molecular weight excluding hydrogens is 319 g/mol. The third kappa shape index (κ3) is 2.08. The largest absolute Gasteiger partial charge is 0.478 e. The van der Waals surface area contributed by atoms with Crippen molar-refractivity contribution in [2.24, 2.45) is 7.05 Å². The Morgan fingerprint density at radius 3 is 2.56 bits per heavy atom. The SMILES string of the molecule is Cn1cc(C(=O)O)c(-c2ccc(I)cc2)n1. The molecular formula is C11H9IN2O2. The van der Waals surface area contributed by atoms with Gasteiger partial charge in [-0.05, 0) is 34.7 Å². The average molecular weight is 328 g/mol. The minimum absolute atomic E-state index is 0.226. The second kappa shape index (κ2) is 4.25. The van der Waals surface area contributed by atoms with Crippen LogP contribution in [0.25, 0.3) is 11.3 Å². The Morgan fingerprint density at radius 1 is 1.38 bits per heavy atom. The number of carboxylic acids is 1. The zero-order valence-electron chi connectivity index (χ0n) is 8.51. The van der Waals surface area contributed by atoms with Crippen molar-refractivity contribution >= 4 is 28.6 Å². The van der Waals surface area contributed by atoms with Gasteiger partial charge in [0.25, 0.3) is 0 Å². The number of aromatic nitrogens is 2. The topological polar surface area (TPSA) is 55.1 Å². The number of aryl methyl sites for hydroxylation is 1. The third-order valence-corrected chi connectivity index (χ3v) is 2.90. The van der Waals surface area contributed by atoms with Crippen LogP contribution in [0.2, 0.25) is 0 Å². The van der Waals surface area contributed by atoms with E-state index >= 15 is 0 Å². The molecule has 0 saturated heterocycles. The summed E-state index contributed by atoms with van der Waals surface area (Å²) >= 11 is 2.20. The number of halogens is 1. The molecule has 0 fully saturated rings. The highest BCUT2D eigenvalue weighted by atomic mass is 127. The first kappa shape index (κ1) is 11.1. The van der Waals surface area contributed by atoms with Gasteiger partial charge in [-0.25, -0.2) is 4.79 Å². The van der Waals surface area contributed by atoms with E-state index in [2.05, 4.69) is 27.7 Å². The first-order valence-corrected chi connectivity index (χ1v) is 5.68. The van der Waals surface area contributed by atoms with E-state index in [1.165, 1.54) is 10.9 Å². The lowest BCUT2D eigenvalue weighted by atomic mass is 10.1. The number of benzene rings is 1. The molecule has 2 rings (SSSR count). The van der Waals surface area contributed by atoms with Gasteiger partial charge in [-0.2, -0.15) is 5.10 Å². The molecule has 2 aromatic rings. The number of hydrogen-bond donors (Lipinski definition) is 1. The Kier molecular flexibility index (Phi) is 2.95. The monoisotopic (exact) mass is 328 g/mol. The number of carboxylic acid groups (broad SMARTS) is 1. The molecule has 0 saturated carbocycles. The van der Waals surface area contributed by atoms with Crippen LogP contribution in [0.15, 0.2) is 30.5 Å². The fourth-order valence-corrected chi connectivity index (χ4v) is 1.83. The van der Waals surface area contributed by atoms with Crippen molar-refractivity contribution in [1.29, 1.82) is 0 Å². The quantitative estimate of drug-likeness (QED) is 0.862. The van der Waals surface area contributed by atoms with Crippen molar-refractivity contribution in [3.05, 3.63) is 39.6 Å².